The number of esters is 1. The van der Waals surface area contributed by atoms with Crippen molar-refractivity contribution >= 4 is 57.7 Å². The zero-order chi connectivity index (χ0) is 60.6. The minimum atomic E-state index is -5.06. The fourth-order valence-electron chi connectivity index (χ4n) is 9.55. The second-order valence-corrected chi connectivity index (χ2v) is 21.8. The Hall–Kier alpha value is -7.39. The predicted octanol–water partition coefficient (Wildman–Crippen LogP) is 1.35. The highest BCUT2D eigenvalue weighted by atomic mass is 32.3. The van der Waals surface area contributed by atoms with Crippen LogP contribution in [0.1, 0.15) is 89.8 Å². The highest BCUT2D eigenvalue weighted by molar-refractivity contribution is 7.80. The number of hydrogen-bond acceptors (Lipinski definition) is 17. The standard InChI is InChI=1S/C56H77N7O18S/c1-9-31(3)46-56(74)81-33(5)47(61-50(68)41(26-18-35-13-21-38(65)22-14-35)57-52(70)44(79-8)30-80-82(75,76)77)53(71)58-40(25-17-34-11-19-37(64)20-12-34)49(67)59-42-27-28-45(66)63(54(42)72)48(32(4)10-2)55(73)62(6)43(51(69)60-46)29-36-15-23-39(78-7)24-16-36/h11-16,19-24,31-33,40-48,64-66H,9-10,17-18,25-30H2,1-8H3,(H,57,70)(H,58,71)(H,59,67)(H,60,69)(H,61,68)(H,75,76,77)/t31-,32+,33-,40+,41+,42+,43+,44-,45-,46+,47+,48+/m1/s1. The molecule has 82 heavy (non-hydrogen) atoms. The van der Waals surface area contributed by atoms with Gasteiger partial charge < -0.3 is 65.9 Å². The highest BCUT2D eigenvalue weighted by Gasteiger charge is 2.47. The number of phenols is 2. The van der Waals surface area contributed by atoms with E-state index in [2.05, 4.69) is 30.8 Å². The van der Waals surface area contributed by atoms with Crippen molar-refractivity contribution in [1.82, 2.24) is 36.4 Å². The molecule has 9 N–H and O–H groups in total. The quantitative estimate of drug-likeness (QED) is 0.0537. The molecule has 0 radical (unpaired) electrons. The van der Waals surface area contributed by atoms with Crippen molar-refractivity contribution in [2.24, 2.45) is 11.8 Å². The van der Waals surface area contributed by atoms with Crippen LogP contribution in [0, 0.1) is 11.8 Å². The van der Waals surface area contributed by atoms with Crippen LogP contribution < -0.4 is 31.3 Å². The molecule has 2 heterocycles. The van der Waals surface area contributed by atoms with Gasteiger partial charge in [-0.15, -0.1) is 0 Å². The van der Waals surface area contributed by atoms with Gasteiger partial charge in [0.2, 0.25) is 35.4 Å². The number of likely N-dealkylation sites (N-methyl/N-ethyl adjacent to an activating group) is 1. The number of carbonyl (C=O) groups excluding carboxylic acids is 8. The van der Waals surface area contributed by atoms with Gasteiger partial charge in [-0.3, -0.25) is 38.1 Å². The molecule has 7 amide bonds. The first-order valence-corrected chi connectivity index (χ1v) is 28.5. The molecule has 3 aromatic rings. The van der Waals surface area contributed by atoms with E-state index in [0.29, 0.717) is 28.9 Å². The Morgan fingerprint density at radius 3 is 1.91 bits per heavy atom. The molecule has 0 unspecified atom stereocenters. The van der Waals surface area contributed by atoms with Crippen LogP contribution in [0.5, 0.6) is 17.2 Å². The smallest absolute Gasteiger partial charge is 0.397 e. The topological polar surface area (TPSA) is 355 Å². The molecule has 0 saturated carbocycles. The summed E-state index contributed by atoms with van der Waals surface area (Å²) in [4.78, 5) is 120. The van der Waals surface area contributed by atoms with Crippen molar-refractivity contribution in [3.8, 4) is 17.2 Å². The normalized spacial score (nSPS) is 24.0. The molecular weight excluding hydrogens is 1090 g/mol. The van der Waals surface area contributed by atoms with E-state index in [-0.39, 0.29) is 62.9 Å². The van der Waals surface area contributed by atoms with Crippen molar-refractivity contribution < 1.29 is 85.0 Å². The van der Waals surface area contributed by atoms with E-state index in [9.17, 15) is 57.1 Å². The maximum Gasteiger partial charge on any atom is 0.397 e. The Morgan fingerprint density at radius 1 is 0.768 bits per heavy atom. The van der Waals surface area contributed by atoms with E-state index in [1.165, 1.54) is 45.3 Å². The number of rotatable bonds is 21. The third kappa shape index (κ3) is 18.1. The van der Waals surface area contributed by atoms with Gasteiger partial charge in [-0.1, -0.05) is 76.9 Å². The molecule has 2 bridgehead atoms. The van der Waals surface area contributed by atoms with E-state index in [0.717, 1.165) is 16.9 Å². The summed E-state index contributed by atoms with van der Waals surface area (Å²) < 4.78 is 52.9. The maximum atomic E-state index is 15.1. The van der Waals surface area contributed by atoms with Crippen molar-refractivity contribution in [3.05, 3.63) is 89.5 Å². The molecule has 25 nitrogen and oxygen atoms in total. The van der Waals surface area contributed by atoms with Crippen LogP contribution >= 0.6 is 0 Å². The van der Waals surface area contributed by atoms with Gasteiger partial charge in [0.1, 0.15) is 78.5 Å². The van der Waals surface area contributed by atoms with Crippen LogP contribution in [0.15, 0.2) is 72.8 Å². The van der Waals surface area contributed by atoms with Crippen LogP contribution in [0.25, 0.3) is 0 Å². The maximum absolute atomic E-state index is 15.1. The molecule has 2 fully saturated rings. The highest BCUT2D eigenvalue weighted by Crippen LogP contribution is 2.28. The van der Waals surface area contributed by atoms with Crippen molar-refractivity contribution in [1.29, 1.82) is 0 Å². The number of piperidine rings is 1. The summed E-state index contributed by atoms with van der Waals surface area (Å²) in [6.07, 6.45) is -4.90. The number of aryl methyl sites for hydroxylation is 2. The van der Waals surface area contributed by atoms with E-state index >= 15 is 9.59 Å². The van der Waals surface area contributed by atoms with Gasteiger partial charge in [0.05, 0.1) is 7.11 Å². The first-order valence-electron chi connectivity index (χ1n) is 27.1. The van der Waals surface area contributed by atoms with Crippen molar-refractivity contribution in [2.45, 2.75) is 153 Å². The zero-order valence-corrected chi connectivity index (χ0v) is 48.1. The number of aliphatic hydroxyl groups excluding tert-OH is 1. The molecular formula is C56H77N7O18S. The van der Waals surface area contributed by atoms with Gasteiger partial charge in [0, 0.05) is 20.6 Å². The zero-order valence-electron chi connectivity index (χ0n) is 47.2. The molecule has 2 saturated heterocycles. The largest absolute Gasteiger partial charge is 0.508 e. The number of carbonyl (C=O) groups is 8. The van der Waals surface area contributed by atoms with Crippen LogP contribution in [-0.4, -0.2) is 174 Å². The number of methoxy groups -OCH3 is 2. The summed E-state index contributed by atoms with van der Waals surface area (Å²) in [5.74, 6) is -8.55. The number of aromatic hydroxyl groups is 2. The van der Waals surface area contributed by atoms with Gasteiger partial charge in [-0.05, 0) is 110 Å². The molecule has 450 valence electrons. The van der Waals surface area contributed by atoms with E-state index in [1.807, 2.05) is 0 Å². The predicted molar refractivity (Wildman–Crippen MR) is 294 cm³/mol. The summed E-state index contributed by atoms with van der Waals surface area (Å²) >= 11 is 0. The van der Waals surface area contributed by atoms with Gasteiger partial charge in [-0.2, -0.15) is 8.42 Å². The number of cyclic esters (lactones) is 1. The monoisotopic (exact) mass is 1170 g/mol. The first-order chi connectivity index (χ1) is 38.8. The van der Waals surface area contributed by atoms with Crippen molar-refractivity contribution in [2.75, 3.05) is 27.9 Å². The number of benzene rings is 3. The Morgan fingerprint density at radius 2 is 1.35 bits per heavy atom. The number of aliphatic hydroxyl groups is 1. The molecule has 26 heteroatoms. The average molecular weight is 1170 g/mol. The van der Waals surface area contributed by atoms with Gasteiger partial charge in [-0.25, -0.2) is 8.98 Å². The molecule has 2 aliphatic heterocycles. The lowest BCUT2D eigenvalue weighted by Gasteiger charge is -2.44. The minimum absolute atomic E-state index is 0.0434. The molecule has 5 rings (SSSR count). The SMILES string of the molecule is CC[C@@H](C)[C@@H]1NC(=O)[C@H](Cc2ccc(OC)cc2)N(C)C(=O)[C@H]([C@@H](C)CC)N2C(=O)[C@H](CC[C@H]2O)NC(=O)[C@H](CCc2ccc(O)cc2)NC(=O)[C@@H](NC(=O)[C@H](CCc2ccc(O)cc2)NC(=O)[C@@H](COS(=O)(=O)O)OC)[C@@H](C)OC1=O. The first kappa shape index (κ1) is 65.4. The van der Waals surface area contributed by atoms with Crippen LogP contribution in [0.2, 0.25) is 0 Å². The molecule has 0 aliphatic carbocycles. The molecule has 0 aromatic heterocycles. The van der Waals surface area contributed by atoms with E-state index in [4.69, 9.17) is 14.2 Å². The van der Waals surface area contributed by atoms with E-state index in [1.54, 1.807) is 76.2 Å². The second-order valence-electron chi connectivity index (χ2n) is 20.7. The Kier molecular flexibility index (Phi) is 24.0. The van der Waals surface area contributed by atoms with Gasteiger partial charge >= 0.3 is 16.4 Å². The number of ether oxygens (including phenoxy) is 3. The summed E-state index contributed by atoms with van der Waals surface area (Å²) in [7, 11) is -1.18. The number of amides is 7. The average Bonchev–Trinajstić information content (AvgIpc) is 3.17. The summed E-state index contributed by atoms with van der Waals surface area (Å²) in [6, 6.07) is 7.90. The summed E-state index contributed by atoms with van der Waals surface area (Å²) in [5.41, 5.74) is 1.75. The van der Waals surface area contributed by atoms with Crippen LogP contribution in [-0.2, 0) is 81.7 Å². The molecule has 3 aromatic carbocycles. The number of hydrogen-bond donors (Lipinski definition) is 9. The fourth-order valence-corrected chi connectivity index (χ4v) is 9.84. The Bertz CT molecular complexity index is 2810. The lowest BCUT2D eigenvalue weighted by Crippen LogP contribution is -2.66. The Labute approximate surface area is 477 Å². The second kappa shape index (κ2) is 30.1. The number of phenolic OH excluding ortho intramolecular Hbond substituents is 2. The Balaban J connectivity index is 1.65. The lowest BCUT2D eigenvalue weighted by molar-refractivity contribution is -0.168. The van der Waals surface area contributed by atoms with Crippen LogP contribution in [0.3, 0.4) is 0 Å². The third-order valence-electron chi connectivity index (χ3n) is 15.0. The fraction of sp³-hybridized carbons (Fsp3) is 0.536. The van der Waals surface area contributed by atoms with Gasteiger partial charge in [0.25, 0.3) is 5.91 Å². The number of nitrogens with one attached hydrogen (secondary N) is 5. The molecule has 0 spiro atoms. The number of fused-ring (bicyclic) bond motifs is 2. The summed E-state index contributed by atoms with van der Waals surface area (Å²) in [6.45, 7) is 7.12. The van der Waals surface area contributed by atoms with E-state index < -0.39 is 137 Å². The third-order valence-corrected chi connectivity index (χ3v) is 15.4. The lowest BCUT2D eigenvalue weighted by atomic mass is 9.91. The van der Waals surface area contributed by atoms with Crippen LogP contribution in [0.4, 0.5) is 0 Å². The number of nitrogens with zero attached hydrogens (tertiary/aromatic N) is 2. The molecule has 2 aliphatic rings. The van der Waals surface area contributed by atoms with Crippen molar-refractivity contribution in [3.63, 3.8) is 0 Å². The molecule has 12 atom stereocenters. The summed E-state index contributed by atoms with van der Waals surface area (Å²) in [5, 5.41) is 44.7. The minimum Gasteiger partial charge on any atom is -0.508 e. The van der Waals surface area contributed by atoms with Gasteiger partial charge in [0.15, 0.2) is 6.10 Å².